The molecule has 42 heavy (non-hydrogen) atoms. The number of hydrogen-bond acceptors (Lipinski definition) is 6. The van der Waals surface area contributed by atoms with E-state index in [4.69, 9.17) is 9.72 Å². The maximum atomic E-state index is 12.8. The van der Waals surface area contributed by atoms with Gasteiger partial charge in [-0.1, -0.05) is 42.5 Å². The van der Waals surface area contributed by atoms with Crippen LogP contribution in [0.15, 0.2) is 48.7 Å². The molecule has 6 rings (SSSR count). The van der Waals surface area contributed by atoms with Gasteiger partial charge in [-0.15, -0.1) is 5.10 Å². The Bertz CT molecular complexity index is 1710. The molecular weight excluding hydrogens is 526 g/mol. The van der Waals surface area contributed by atoms with E-state index in [1.165, 1.54) is 11.1 Å². The summed E-state index contributed by atoms with van der Waals surface area (Å²) in [4.78, 5) is 20.0. The van der Waals surface area contributed by atoms with Gasteiger partial charge in [0.1, 0.15) is 17.4 Å². The fourth-order valence-corrected chi connectivity index (χ4v) is 6.72. The van der Waals surface area contributed by atoms with Crippen LogP contribution in [0, 0.1) is 12.3 Å². The number of carbonyl (C=O) groups is 1. The van der Waals surface area contributed by atoms with Crippen LogP contribution >= 0.6 is 0 Å². The Hall–Kier alpha value is -4.04. The van der Waals surface area contributed by atoms with Gasteiger partial charge in [-0.05, 0) is 92.1 Å². The van der Waals surface area contributed by atoms with Crippen molar-refractivity contribution in [2.24, 2.45) is 12.5 Å². The highest BCUT2D eigenvalue weighted by Crippen LogP contribution is 2.45. The number of nitrogens with zero attached hydrogens (tertiary/aromatic N) is 5. The molecule has 0 unspecified atom stereocenters. The molecule has 3 atom stereocenters. The number of aliphatic carboxylic acids is 1. The van der Waals surface area contributed by atoms with E-state index in [1.54, 1.807) is 4.68 Å². The summed E-state index contributed by atoms with van der Waals surface area (Å²) in [5.74, 6) is -0.372. The maximum absolute atomic E-state index is 12.8. The molecule has 8 heteroatoms. The molecule has 0 amide bonds. The molecule has 0 saturated heterocycles. The molecule has 2 aliphatic rings. The van der Waals surface area contributed by atoms with Gasteiger partial charge in [0.2, 0.25) is 0 Å². The predicted molar refractivity (Wildman–Crippen MR) is 163 cm³/mol. The van der Waals surface area contributed by atoms with Crippen LogP contribution in [0.25, 0.3) is 17.1 Å². The lowest BCUT2D eigenvalue weighted by Crippen LogP contribution is -2.35. The van der Waals surface area contributed by atoms with Crippen LogP contribution in [-0.4, -0.2) is 48.6 Å². The second kappa shape index (κ2) is 10.7. The summed E-state index contributed by atoms with van der Waals surface area (Å²) in [5.41, 5.74) is 8.22. The van der Waals surface area contributed by atoms with E-state index in [2.05, 4.69) is 59.4 Å². The molecule has 0 bridgehead atoms. The van der Waals surface area contributed by atoms with E-state index >= 15 is 0 Å². The summed E-state index contributed by atoms with van der Waals surface area (Å²) in [6.07, 6.45) is 8.04. The Morgan fingerprint density at radius 3 is 2.81 bits per heavy atom. The highest BCUT2D eigenvalue weighted by atomic mass is 16.5. The molecule has 1 aliphatic carbocycles. The van der Waals surface area contributed by atoms with Crippen LogP contribution in [0.3, 0.4) is 0 Å². The molecule has 0 saturated carbocycles. The van der Waals surface area contributed by atoms with Crippen molar-refractivity contribution in [2.45, 2.75) is 72.1 Å². The molecule has 1 N–H and O–H groups in total. The number of rotatable bonds is 7. The summed E-state index contributed by atoms with van der Waals surface area (Å²) in [6.45, 7) is 11.5. The Balaban J connectivity index is 1.48. The predicted octanol–water partition coefficient (Wildman–Crippen LogP) is 6.22. The second-order valence-electron chi connectivity index (χ2n) is 12.3. The third-order valence-corrected chi connectivity index (χ3v) is 9.32. The SMILES string of the molecule is CC[C@@H]1CN(Cc2cc([C@@H](c3ccc4c(nnn4C)c3C)C(C)(C)C(=O)O)cc3c2CC=C3)[C@@H](C)c2ncccc2O1. The van der Waals surface area contributed by atoms with Crippen molar-refractivity contribution < 1.29 is 14.6 Å². The number of carboxylic acid groups (broad SMARTS) is 1. The fraction of sp³-hybridized carbons (Fsp3) is 0.412. The van der Waals surface area contributed by atoms with Crippen LogP contribution in [0.5, 0.6) is 5.75 Å². The van der Waals surface area contributed by atoms with Gasteiger partial charge in [0.05, 0.1) is 22.7 Å². The Morgan fingerprint density at radius 2 is 2.05 bits per heavy atom. The molecule has 0 radical (unpaired) electrons. The maximum Gasteiger partial charge on any atom is 0.310 e. The number of pyridine rings is 1. The molecular formula is C34H39N5O3. The monoisotopic (exact) mass is 565 g/mol. The van der Waals surface area contributed by atoms with Gasteiger partial charge < -0.3 is 9.84 Å². The molecule has 8 nitrogen and oxygen atoms in total. The van der Waals surface area contributed by atoms with Crippen molar-refractivity contribution >= 4 is 23.1 Å². The first-order valence-electron chi connectivity index (χ1n) is 14.8. The number of allylic oxidation sites excluding steroid dienone is 1. The van der Waals surface area contributed by atoms with Crippen LogP contribution < -0.4 is 4.74 Å². The average Bonchev–Trinajstić information content (AvgIpc) is 3.57. The molecule has 3 heterocycles. The zero-order valence-electron chi connectivity index (χ0n) is 25.3. The minimum atomic E-state index is -1.08. The molecule has 2 aromatic carbocycles. The average molecular weight is 566 g/mol. The fourth-order valence-electron chi connectivity index (χ4n) is 6.72. The summed E-state index contributed by atoms with van der Waals surface area (Å²) < 4.78 is 8.14. The van der Waals surface area contributed by atoms with Gasteiger partial charge in [-0.25, -0.2) is 4.68 Å². The Morgan fingerprint density at radius 1 is 1.24 bits per heavy atom. The lowest BCUT2D eigenvalue weighted by molar-refractivity contribution is -0.147. The topological polar surface area (TPSA) is 93.4 Å². The number of aromatic nitrogens is 4. The van der Waals surface area contributed by atoms with Crippen molar-refractivity contribution in [3.8, 4) is 5.75 Å². The van der Waals surface area contributed by atoms with E-state index in [0.29, 0.717) is 0 Å². The van der Waals surface area contributed by atoms with Crippen molar-refractivity contribution in [3.63, 3.8) is 0 Å². The first kappa shape index (κ1) is 28.1. The number of hydrogen-bond donors (Lipinski definition) is 1. The molecule has 1 aliphatic heterocycles. The standard InChI is InChI=1S/C34H39N5O3/c1-7-25-19-39(21(3)32-29(42-25)12-9-15-35-32)18-24-17-23(16-22-10-8-11-27(22)24)30(34(4,5)33(40)41)26-13-14-28-31(20(26)2)36-37-38(28)6/h8-10,12-17,21,25,30H,7,11,18-19H2,1-6H3,(H,40,41)/t21-,25+,30-/m0/s1. The Kier molecular flexibility index (Phi) is 7.13. The summed E-state index contributed by atoms with van der Waals surface area (Å²) in [5, 5.41) is 19.1. The van der Waals surface area contributed by atoms with Crippen molar-refractivity contribution in [3.05, 3.63) is 87.7 Å². The minimum Gasteiger partial charge on any atom is -0.487 e. The minimum absolute atomic E-state index is 0.0623. The summed E-state index contributed by atoms with van der Waals surface area (Å²) in [6, 6.07) is 12.5. The van der Waals surface area contributed by atoms with Crippen LogP contribution in [0.2, 0.25) is 0 Å². The van der Waals surface area contributed by atoms with Gasteiger partial charge in [0.15, 0.2) is 0 Å². The van der Waals surface area contributed by atoms with E-state index in [0.717, 1.165) is 70.7 Å². The zero-order valence-corrected chi connectivity index (χ0v) is 25.3. The van der Waals surface area contributed by atoms with Gasteiger partial charge in [-0.2, -0.15) is 0 Å². The highest BCUT2D eigenvalue weighted by molar-refractivity contribution is 5.82. The highest BCUT2D eigenvalue weighted by Gasteiger charge is 2.41. The molecule has 0 fully saturated rings. The van der Waals surface area contributed by atoms with Gasteiger partial charge in [0, 0.05) is 32.3 Å². The van der Waals surface area contributed by atoms with Crippen molar-refractivity contribution in [1.82, 2.24) is 24.9 Å². The normalized spacial score (nSPS) is 19.3. The number of aryl methyl sites for hydroxylation is 2. The lowest BCUT2D eigenvalue weighted by Gasteiger charge is -2.34. The molecule has 0 spiro atoms. The van der Waals surface area contributed by atoms with Crippen molar-refractivity contribution in [2.75, 3.05) is 6.54 Å². The first-order chi connectivity index (χ1) is 20.1. The Labute approximate surface area is 247 Å². The molecule has 218 valence electrons. The third-order valence-electron chi connectivity index (χ3n) is 9.32. The van der Waals surface area contributed by atoms with Gasteiger partial charge in [-0.3, -0.25) is 14.7 Å². The largest absolute Gasteiger partial charge is 0.487 e. The smallest absolute Gasteiger partial charge is 0.310 e. The quantitative estimate of drug-likeness (QED) is 0.284. The van der Waals surface area contributed by atoms with Crippen LogP contribution in [-0.2, 0) is 24.8 Å². The zero-order chi connectivity index (χ0) is 29.8. The number of ether oxygens (including phenoxy) is 1. The lowest BCUT2D eigenvalue weighted by atomic mass is 9.69. The van der Waals surface area contributed by atoms with E-state index in [-0.39, 0.29) is 12.1 Å². The third kappa shape index (κ3) is 4.67. The molecule has 2 aromatic heterocycles. The van der Waals surface area contributed by atoms with E-state index in [9.17, 15) is 9.90 Å². The number of fused-ring (bicyclic) bond motifs is 3. The number of carboxylic acids is 1. The first-order valence-corrected chi connectivity index (χ1v) is 14.8. The van der Waals surface area contributed by atoms with Crippen LogP contribution in [0.1, 0.15) is 85.2 Å². The van der Waals surface area contributed by atoms with E-state index < -0.39 is 17.3 Å². The summed E-state index contributed by atoms with van der Waals surface area (Å²) in [7, 11) is 1.87. The van der Waals surface area contributed by atoms with Crippen molar-refractivity contribution in [1.29, 1.82) is 0 Å². The second-order valence-corrected chi connectivity index (χ2v) is 12.3. The number of benzene rings is 2. The van der Waals surface area contributed by atoms with Crippen LogP contribution in [0.4, 0.5) is 0 Å². The van der Waals surface area contributed by atoms with Gasteiger partial charge in [0.25, 0.3) is 0 Å². The molecule has 4 aromatic rings. The van der Waals surface area contributed by atoms with E-state index in [1.807, 2.05) is 52.2 Å². The summed E-state index contributed by atoms with van der Waals surface area (Å²) >= 11 is 0. The van der Waals surface area contributed by atoms with Gasteiger partial charge >= 0.3 is 5.97 Å².